The minimum atomic E-state index is 0.604. The third-order valence-electron chi connectivity index (χ3n) is 3.53. The number of hydrogen-bond acceptors (Lipinski definition) is 5. The van der Waals surface area contributed by atoms with E-state index >= 15 is 0 Å². The lowest BCUT2D eigenvalue weighted by atomic mass is 10.1. The zero-order valence-corrected chi connectivity index (χ0v) is 11.2. The monoisotopic (exact) mass is 268 g/mol. The van der Waals surface area contributed by atoms with Crippen molar-refractivity contribution >= 4 is 5.95 Å². The van der Waals surface area contributed by atoms with Crippen molar-refractivity contribution < 1.29 is 4.52 Å². The fourth-order valence-corrected chi connectivity index (χ4v) is 2.41. The third-order valence-corrected chi connectivity index (χ3v) is 3.53. The molecule has 5 nitrogen and oxygen atoms in total. The van der Waals surface area contributed by atoms with Crippen LogP contribution in [0, 0.1) is 11.3 Å². The summed E-state index contributed by atoms with van der Waals surface area (Å²) in [5.74, 6) is 1.32. The Morgan fingerprint density at radius 1 is 1.15 bits per heavy atom. The maximum absolute atomic E-state index is 8.77. The van der Waals surface area contributed by atoms with Gasteiger partial charge >= 0.3 is 0 Å². The van der Waals surface area contributed by atoms with Gasteiger partial charge in [0.1, 0.15) is 0 Å². The molecule has 1 aromatic carbocycles. The van der Waals surface area contributed by atoms with Crippen LogP contribution in [0.1, 0.15) is 36.3 Å². The molecule has 0 amide bonds. The number of anilines is 1. The van der Waals surface area contributed by atoms with Crippen molar-refractivity contribution in [2.45, 2.75) is 25.7 Å². The Balaban J connectivity index is 1.68. The van der Waals surface area contributed by atoms with Crippen LogP contribution in [0.25, 0.3) is 0 Å². The number of benzene rings is 1. The van der Waals surface area contributed by atoms with Crippen LogP contribution in [0.2, 0.25) is 0 Å². The van der Waals surface area contributed by atoms with E-state index in [2.05, 4.69) is 21.1 Å². The van der Waals surface area contributed by atoms with Gasteiger partial charge in [-0.15, -0.1) is 0 Å². The highest BCUT2D eigenvalue weighted by Gasteiger charge is 2.16. The lowest BCUT2D eigenvalue weighted by Crippen LogP contribution is -2.30. The van der Waals surface area contributed by atoms with Crippen LogP contribution in [0.4, 0.5) is 5.95 Å². The normalized spacial score (nSPS) is 15.1. The van der Waals surface area contributed by atoms with E-state index in [1.807, 2.05) is 12.1 Å². The van der Waals surface area contributed by atoms with Gasteiger partial charge in [0, 0.05) is 13.1 Å². The molecule has 5 heteroatoms. The second-order valence-electron chi connectivity index (χ2n) is 5.02. The predicted molar refractivity (Wildman–Crippen MR) is 74.3 cm³/mol. The van der Waals surface area contributed by atoms with Crippen LogP contribution in [-0.2, 0) is 6.42 Å². The number of hydrogen-bond donors (Lipinski definition) is 0. The first-order valence-corrected chi connectivity index (χ1v) is 6.92. The Kier molecular flexibility index (Phi) is 3.64. The van der Waals surface area contributed by atoms with Crippen molar-refractivity contribution in [3.8, 4) is 6.07 Å². The van der Waals surface area contributed by atoms with Gasteiger partial charge in [0.15, 0.2) is 0 Å². The van der Waals surface area contributed by atoms with Gasteiger partial charge in [0.25, 0.3) is 5.95 Å². The summed E-state index contributed by atoms with van der Waals surface area (Å²) in [6.07, 6.45) is 4.28. The minimum Gasteiger partial charge on any atom is -0.338 e. The van der Waals surface area contributed by atoms with Crippen molar-refractivity contribution in [1.29, 1.82) is 5.26 Å². The second kappa shape index (κ2) is 5.74. The molecule has 1 saturated heterocycles. The van der Waals surface area contributed by atoms with E-state index in [0.29, 0.717) is 23.8 Å². The molecule has 0 radical (unpaired) electrons. The predicted octanol–water partition coefficient (Wildman–Crippen LogP) is 2.52. The summed E-state index contributed by atoms with van der Waals surface area (Å²) in [6.45, 7) is 2.02. The highest BCUT2D eigenvalue weighted by molar-refractivity contribution is 5.33. The number of rotatable bonds is 3. The molecule has 1 aliphatic rings. The van der Waals surface area contributed by atoms with E-state index in [-0.39, 0.29) is 0 Å². The fourth-order valence-electron chi connectivity index (χ4n) is 2.41. The highest BCUT2D eigenvalue weighted by atomic mass is 16.5. The molecule has 0 spiro atoms. The van der Waals surface area contributed by atoms with Gasteiger partial charge in [-0.2, -0.15) is 10.2 Å². The van der Waals surface area contributed by atoms with Crippen LogP contribution in [0.3, 0.4) is 0 Å². The lowest BCUT2D eigenvalue weighted by molar-refractivity contribution is 0.383. The molecule has 20 heavy (non-hydrogen) atoms. The van der Waals surface area contributed by atoms with Crippen LogP contribution < -0.4 is 4.90 Å². The molecule has 0 unspecified atom stereocenters. The number of aromatic nitrogens is 2. The number of nitriles is 1. The SMILES string of the molecule is N#Cc1ccc(Cc2nc(N3CCCCC3)no2)cc1. The summed E-state index contributed by atoms with van der Waals surface area (Å²) < 4.78 is 5.31. The number of nitrogens with zero attached hydrogens (tertiary/aromatic N) is 4. The van der Waals surface area contributed by atoms with Gasteiger partial charge in [-0.1, -0.05) is 12.1 Å². The molecule has 0 N–H and O–H groups in total. The topological polar surface area (TPSA) is 66.0 Å². The standard InChI is InChI=1S/C15H16N4O/c16-11-13-6-4-12(5-7-13)10-14-17-15(18-20-14)19-8-2-1-3-9-19/h4-7H,1-3,8-10H2. The van der Waals surface area contributed by atoms with E-state index in [1.54, 1.807) is 12.1 Å². The third kappa shape index (κ3) is 2.80. The van der Waals surface area contributed by atoms with E-state index < -0.39 is 0 Å². The molecule has 3 rings (SSSR count). The van der Waals surface area contributed by atoms with Crippen LogP contribution >= 0.6 is 0 Å². The minimum absolute atomic E-state index is 0.604. The first-order valence-electron chi connectivity index (χ1n) is 6.92. The van der Waals surface area contributed by atoms with Crippen LogP contribution in [0.15, 0.2) is 28.8 Å². The Morgan fingerprint density at radius 2 is 1.90 bits per heavy atom. The molecule has 0 saturated carbocycles. The summed E-state index contributed by atoms with van der Waals surface area (Å²) >= 11 is 0. The molecule has 1 fully saturated rings. The highest BCUT2D eigenvalue weighted by Crippen LogP contribution is 2.17. The van der Waals surface area contributed by atoms with Gasteiger partial charge < -0.3 is 9.42 Å². The van der Waals surface area contributed by atoms with E-state index in [4.69, 9.17) is 9.78 Å². The quantitative estimate of drug-likeness (QED) is 0.855. The van der Waals surface area contributed by atoms with Gasteiger partial charge in [0.2, 0.25) is 5.89 Å². The van der Waals surface area contributed by atoms with Gasteiger partial charge in [-0.25, -0.2) is 0 Å². The smallest absolute Gasteiger partial charge is 0.266 e. The average molecular weight is 268 g/mol. The van der Waals surface area contributed by atoms with Crippen LogP contribution in [-0.4, -0.2) is 23.2 Å². The first-order chi connectivity index (χ1) is 9.85. The molecule has 102 valence electrons. The zero-order chi connectivity index (χ0) is 13.8. The van der Waals surface area contributed by atoms with Crippen molar-refractivity contribution in [2.75, 3.05) is 18.0 Å². The summed E-state index contributed by atoms with van der Waals surface area (Å²) in [5.41, 5.74) is 1.73. The summed E-state index contributed by atoms with van der Waals surface area (Å²) in [7, 11) is 0. The molecule has 2 aromatic rings. The van der Waals surface area contributed by atoms with Crippen molar-refractivity contribution in [1.82, 2.24) is 10.1 Å². The summed E-state index contributed by atoms with van der Waals surface area (Å²) in [4.78, 5) is 6.63. The first kappa shape index (κ1) is 12.7. The molecule has 1 aliphatic heterocycles. The molecular weight excluding hydrogens is 252 g/mol. The second-order valence-corrected chi connectivity index (χ2v) is 5.02. The molecule has 2 heterocycles. The molecule has 0 bridgehead atoms. The van der Waals surface area contributed by atoms with Crippen LogP contribution in [0.5, 0.6) is 0 Å². The maximum atomic E-state index is 8.77. The van der Waals surface area contributed by atoms with Gasteiger partial charge in [-0.05, 0) is 42.1 Å². The molecule has 1 aromatic heterocycles. The Morgan fingerprint density at radius 3 is 2.60 bits per heavy atom. The maximum Gasteiger partial charge on any atom is 0.266 e. The lowest BCUT2D eigenvalue weighted by Gasteiger charge is -2.24. The summed E-state index contributed by atoms with van der Waals surface area (Å²) in [5, 5.41) is 12.8. The largest absolute Gasteiger partial charge is 0.338 e. The van der Waals surface area contributed by atoms with Gasteiger partial charge in [-0.3, -0.25) is 0 Å². The Labute approximate surface area is 117 Å². The Bertz CT molecular complexity index is 606. The van der Waals surface area contributed by atoms with Crippen molar-refractivity contribution in [2.24, 2.45) is 0 Å². The summed E-state index contributed by atoms with van der Waals surface area (Å²) in [6, 6.07) is 9.55. The molecular formula is C15H16N4O. The molecule has 0 atom stereocenters. The number of piperidine rings is 1. The van der Waals surface area contributed by atoms with Crippen molar-refractivity contribution in [3.63, 3.8) is 0 Å². The van der Waals surface area contributed by atoms with Gasteiger partial charge in [0.05, 0.1) is 18.1 Å². The van der Waals surface area contributed by atoms with E-state index in [1.165, 1.54) is 19.3 Å². The van der Waals surface area contributed by atoms with Crippen molar-refractivity contribution in [3.05, 3.63) is 41.3 Å². The average Bonchev–Trinajstić information content (AvgIpc) is 2.97. The van der Waals surface area contributed by atoms with E-state index in [9.17, 15) is 0 Å². The van der Waals surface area contributed by atoms with E-state index in [0.717, 1.165) is 18.7 Å². The zero-order valence-electron chi connectivity index (χ0n) is 11.2. The molecule has 0 aliphatic carbocycles. The fraction of sp³-hybridized carbons (Fsp3) is 0.400. The Hall–Kier alpha value is -2.35.